The standard InChI is InChI=1S/C14H16BrFN2O/c1-9(2)6-17-7-10-8-18-19-14(10)12-4-3-11(15)5-13(12)16/h3-5,8-9,17H,6-7H2,1-2H3. The van der Waals surface area contributed by atoms with Crippen LogP contribution in [0.1, 0.15) is 19.4 Å². The smallest absolute Gasteiger partial charge is 0.174 e. The van der Waals surface area contributed by atoms with Crippen LogP contribution < -0.4 is 5.32 Å². The van der Waals surface area contributed by atoms with E-state index >= 15 is 0 Å². The molecule has 19 heavy (non-hydrogen) atoms. The molecule has 1 aromatic carbocycles. The van der Waals surface area contributed by atoms with Gasteiger partial charge in [0, 0.05) is 16.6 Å². The largest absolute Gasteiger partial charge is 0.356 e. The Bertz CT molecular complexity index is 554. The predicted octanol–water partition coefficient (Wildman–Crippen LogP) is 3.99. The molecule has 5 heteroatoms. The molecule has 1 N–H and O–H groups in total. The van der Waals surface area contributed by atoms with Crippen molar-refractivity contribution in [3.05, 3.63) is 40.2 Å². The van der Waals surface area contributed by atoms with E-state index < -0.39 is 0 Å². The summed E-state index contributed by atoms with van der Waals surface area (Å²) in [5, 5.41) is 7.06. The van der Waals surface area contributed by atoms with Crippen molar-refractivity contribution in [2.24, 2.45) is 5.92 Å². The van der Waals surface area contributed by atoms with Crippen LogP contribution in [0.2, 0.25) is 0 Å². The zero-order chi connectivity index (χ0) is 13.8. The summed E-state index contributed by atoms with van der Waals surface area (Å²) in [7, 11) is 0. The van der Waals surface area contributed by atoms with Crippen molar-refractivity contribution in [1.82, 2.24) is 10.5 Å². The number of halogens is 2. The van der Waals surface area contributed by atoms with Crippen LogP contribution >= 0.6 is 15.9 Å². The second-order valence-electron chi connectivity index (χ2n) is 4.83. The summed E-state index contributed by atoms with van der Waals surface area (Å²) in [4.78, 5) is 0. The highest BCUT2D eigenvalue weighted by Gasteiger charge is 2.15. The van der Waals surface area contributed by atoms with Gasteiger partial charge in [-0.05, 0) is 30.7 Å². The maximum atomic E-state index is 13.9. The maximum Gasteiger partial charge on any atom is 0.174 e. The maximum absolute atomic E-state index is 13.9. The molecule has 2 aromatic rings. The first-order valence-corrected chi connectivity index (χ1v) is 6.97. The van der Waals surface area contributed by atoms with Crippen molar-refractivity contribution in [1.29, 1.82) is 0 Å². The van der Waals surface area contributed by atoms with Crippen molar-refractivity contribution in [3.8, 4) is 11.3 Å². The van der Waals surface area contributed by atoms with E-state index in [0.717, 1.165) is 12.1 Å². The predicted molar refractivity (Wildman–Crippen MR) is 76.1 cm³/mol. The van der Waals surface area contributed by atoms with Gasteiger partial charge in [-0.1, -0.05) is 34.9 Å². The van der Waals surface area contributed by atoms with Gasteiger partial charge in [0.25, 0.3) is 0 Å². The van der Waals surface area contributed by atoms with Crippen molar-refractivity contribution < 1.29 is 8.91 Å². The molecular formula is C14H16BrFN2O. The van der Waals surface area contributed by atoms with Crippen molar-refractivity contribution in [2.75, 3.05) is 6.54 Å². The van der Waals surface area contributed by atoms with Gasteiger partial charge < -0.3 is 9.84 Å². The Morgan fingerprint density at radius 3 is 2.89 bits per heavy atom. The van der Waals surface area contributed by atoms with E-state index in [-0.39, 0.29) is 5.82 Å². The van der Waals surface area contributed by atoms with Gasteiger partial charge in [-0.15, -0.1) is 0 Å². The normalized spacial score (nSPS) is 11.2. The van der Waals surface area contributed by atoms with E-state index in [1.54, 1.807) is 18.3 Å². The van der Waals surface area contributed by atoms with Crippen LogP contribution in [0.4, 0.5) is 4.39 Å². The van der Waals surface area contributed by atoms with Crippen molar-refractivity contribution >= 4 is 15.9 Å². The minimum atomic E-state index is -0.323. The van der Waals surface area contributed by atoms with E-state index in [4.69, 9.17) is 4.52 Å². The molecular weight excluding hydrogens is 311 g/mol. The monoisotopic (exact) mass is 326 g/mol. The van der Waals surface area contributed by atoms with E-state index in [0.29, 0.717) is 28.3 Å². The first-order chi connectivity index (χ1) is 9.08. The van der Waals surface area contributed by atoms with Gasteiger partial charge in [0.15, 0.2) is 5.76 Å². The van der Waals surface area contributed by atoms with E-state index in [2.05, 4.69) is 40.3 Å². The van der Waals surface area contributed by atoms with Gasteiger partial charge in [-0.25, -0.2) is 4.39 Å². The molecule has 0 fully saturated rings. The van der Waals surface area contributed by atoms with Crippen LogP contribution in [0.15, 0.2) is 33.4 Å². The molecule has 3 nitrogen and oxygen atoms in total. The third kappa shape index (κ3) is 3.64. The molecule has 0 saturated heterocycles. The molecule has 0 bridgehead atoms. The second kappa shape index (κ2) is 6.30. The zero-order valence-corrected chi connectivity index (χ0v) is 12.5. The molecule has 0 radical (unpaired) electrons. The Hall–Kier alpha value is -1.20. The Morgan fingerprint density at radius 1 is 1.42 bits per heavy atom. The highest BCUT2D eigenvalue weighted by atomic mass is 79.9. The highest BCUT2D eigenvalue weighted by molar-refractivity contribution is 9.10. The van der Waals surface area contributed by atoms with Crippen molar-refractivity contribution in [2.45, 2.75) is 20.4 Å². The summed E-state index contributed by atoms with van der Waals surface area (Å²) in [5.41, 5.74) is 1.30. The molecule has 0 aliphatic rings. The molecule has 2 rings (SSSR count). The number of nitrogens with one attached hydrogen (secondary N) is 1. The van der Waals surface area contributed by atoms with Crippen LogP contribution in [0.5, 0.6) is 0 Å². The third-order valence-electron chi connectivity index (χ3n) is 2.69. The van der Waals surface area contributed by atoms with Crippen LogP contribution in [-0.2, 0) is 6.54 Å². The molecule has 0 aliphatic heterocycles. The van der Waals surface area contributed by atoms with Gasteiger partial charge in [-0.3, -0.25) is 0 Å². The molecule has 102 valence electrons. The minimum Gasteiger partial charge on any atom is -0.356 e. The van der Waals surface area contributed by atoms with Gasteiger partial charge in [-0.2, -0.15) is 0 Å². The number of hydrogen-bond donors (Lipinski definition) is 1. The zero-order valence-electron chi connectivity index (χ0n) is 10.9. The Morgan fingerprint density at radius 2 is 2.21 bits per heavy atom. The molecule has 1 aromatic heterocycles. The van der Waals surface area contributed by atoms with Crippen molar-refractivity contribution in [3.63, 3.8) is 0 Å². The van der Waals surface area contributed by atoms with Crippen LogP contribution in [-0.4, -0.2) is 11.7 Å². The second-order valence-corrected chi connectivity index (χ2v) is 5.74. The third-order valence-corrected chi connectivity index (χ3v) is 3.18. The summed E-state index contributed by atoms with van der Waals surface area (Å²) >= 11 is 3.24. The average molecular weight is 327 g/mol. The molecule has 0 atom stereocenters. The van der Waals surface area contributed by atoms with E-state index in [1.165, 1.54) is 6.07 Å². The quantitative estimate of drug-likeness (QED) is 0.902. The topological polar surface area (TPSA) is 38.1 Å². The first-order valence-electron chi connectivity index (χ1n) is 6.17. The van der Waals surface area contributed by atoms with Crippen LogP contribution in [0.3, 0.4) is 0 Å². The number of hydrogen-bond acceptors (Lipinski definition) is 3. The van der Waals surface area contributed by atoms with Crippen LogP contribution in [0, 0.1) is 11.7 Å². The summed E-state index contributed by atoms with van der Waals surface area (Å²) < 4.78 is 19.8. The molecule has 0 aliphatic carbocycles. The minimum absolute atomic E-state index is 0.323. The lowest BCUT2D eigenvalue weighted by Gasteiger charge is -2.07. The lowest BCUT2D eigenvalue weighted by atomic mass is 10.1. The number of benzene rings is 1. The average Bonchev–Trinajstić information content (AvgIpc) is 2.77. The summed E-state index contributed by atoms with van der Waals surface area (Å²) in [6.07, 6.45) is 1.63. The SMILES string of the molecule is CC(C)CNCc1cnoc1-c1ccc(Br)cc1F. The molecule has 0 saturated carbocycles. The lowest BCUT2D eigenvalue weighted by molar-refractivity contribution is 0.428. The first kappa shape index (κ1) is 14.2. The molecule has 0 spiro atoms. The van der Waals surface area contributed by atoms with Crippen LogP contribution in [0.25, 0.3) is 11.3 Å². The molecule has 1 heterocycles. The summed E-state index contributed by atoms with van der Waals surface area (Å²) in [5.74, 6) is 0.727. The van der Waals surface area contributed by atoms with E-state index in [1.807, 2.05) is 0 Å². The Kier molecular flexibility index (Phi) is 4.71. The summed E-state index contributed by atoms with van der Waals surface area (Å²) in [6.45, 7) is 5.78. The molecule has 0 amide bonds. The lowest BCUT2D eigenvalue weighted by Crippen LogP contribution is -2.19. The van der Waals surface area contributed by atoms with Gasteiger partial charge in [0.1, 0.15) is 5.82 Å². The fourth-order valence-electron chi connectivity index (χ4n) is 1.78. The fraction of sp³-hybridized carbons (Fsp3) is 0.357. The summed E-state index contributed by atoms with van der Waals surface area (Å²) in [6, 6.07) is 4.89. The number of rotatable bonds is 5. The highest BCUT2D eigenvalue weighted by Crippen LogP contribution is 2.28. The number of aromatic nitrogens is 1. The Balaban J connectivity index is 2.19. The van der Waals surface area contributed by atoms with E-state index in [9.17, 15) is 4.39 Å². The van der Waals surface area contributed by atoms with Gasteiger partial charge >= 0.3 is 0 Å². The Labute approximate surface area is 120 Å². The number of nitrogens with zero attached hydrogens (tertiary/aromatic N) is 1. The van der Waals surface area contributed by atoms with Gasteiger partial charge in [0.2, 0.25) is 0 Å². The van der Waals surface area contributed by atoms with Gasteiger partial charge in [0.05, 0.1) is 11.8 Å². The molecule has 0 unspecified atom stereocenters. The fourth-order valence-corrected chi connectivity index (χ4v) is 2.11.